The maximum Gasteiger partial charge on any atom is 0.129 e. The predicted octanol–water partition coefficient (Wildman–Crippen LogP) is 3.95. The Morgan fingerprint density at radius 2 is 1.81 bits per heavy atom. The number of anilines is 1. The Kier molecular flexibility index (Phi) is 3.56. The number of imidazole rings is 1. The van der Waals surface area contributed by atoms with Gasteiger partial charge in [-0.25, -0.2) is 13.8 Å². The van der Waals surface area contributed by atoms with Crippen LogP contribution in [-0.2, 0) is 13.1 Å². The number of hydrogen-bond donors (Lipinski definition) is 1. The van der Waals surface area contributed by atoms with Crippen molar-refractivity contribution in [3.8, 4) is 0 Å². The topological polar surface area (TPSA) is 29.9 Å². The summed E-state index contributed by atoms with van der Waals surface area (Å²) in [5.41, 5.74) is 2.38. The molecule has 21 heavy (non-hydrogen) atoms. The number of nitrogens with one attached hydrogen (secondary N) is 1. The molecule has 5 heteroatoms. The monoisotopic (exact) mass is 287 g/mol. The lowest BCUT2D eigenvalue weighted by molar-refractivity contribution is 0.584. The van der Waals surface area contributed by atoms with Crippen molar-refractivity contribution in [3.05, 3.63) is 59.9 Å². The van der Waals surface area contributed by atoms with E-state index in [1.807, 2.05) is 31.2 Å². The molecule has 0 radical (unpaired) electrons. The normalized spacial score (nSPS) is 11.0. The molecule has 0 fully saturated rings. The van der Waals surface area contributed by atoms with E-state index in [9.17, 15) is 8.78 Å². The van der Waals surface area contributed by atoms with Gasteiger partial charge in [0.15, 0.2) is 0 Å². The minimum absolute atomic E-state index is 0.405. The molecule has 108 valence electrons. The van der Waals surface area contributed by atoms with Crippen LogP contribution in [0.5, 0.6) is 0 Å². The Hall–Kier alpha value is -2.43. The van der Waals surface area contributed by atoms with Gasteiger partial charge in [-0.1, -0.05) is 12.1 Å². The van der Waals surface area contributed by atoms with Gasteiger partial charge < -0.3 is 9.88 Å². The van der Waals surface area contributed by atoms with Gasteiger partial charge in [0.25, 0.3) is 0 Å². The molecule has 1 aromatic heterocycles. The van der Waals surface area contributed by atoms with E-state index >= 15 is 0 Å². The molecule has 3 rings (SSSR count). The molecule has 0 aliphatic heterocycles. The second kappa shape index (κ2) is 5.52. The van der Waals surface area contributed by atoms with Crippen molar-refractivity contribution in [1.82, 2.24) is 9.55 Å². The van der Waals surface area contributed by atoms with Crippen LogP contribution in [-0.4, -0.2) is 9.55 Å². The Labute approximate surface area is 121 Å². The third-order valence-electron chi connectivity index (χ3n) is 3.36. The van der Waals surface area contributed by atoms with E-state index in [-0.39, 0.29) is 0 Å². The molecule has 0 atom stereocenters. The summed E-state index contributed by atoms with van der Waals surface area (Å²) >= 11 is 0. The Morgan fingerprint density at radius 3 is 2.52 bits per heavy atom. The highest BCUT2D eigenvalue weighted by Crippen LogP contribution is 2.18. The fourth-order valence-corrected chi connectivity index (χ4v) is 2.45. The van der Waals surface area contributed by atoms with Crippen molar-refractivity contribution in [2.45, 2.75) is 20.0 Å². The molecule has 2 aromatic carbocycles. The fraction of sp³-hybridized carbons (Fsp3) is 0.188. The maximum absolute atomic E-state index is 13.2. The maximum atomic E-state index is 13.2. The van der Waals surface area contributed by atoms with Crippen molar-refractivity contribution in [1.29, 1.82) is 0 Å². The highest BCUT2D eigenvalue weighted by Gasteiger charge is 2.09. The van der Waals surface area contributed by atoms with Crippen molar-refractivity contribution in [3.63, 3.8) is 0 Å². The molecule has 0 unspecified atom stereocenters. The van der Waals surface area contributed by atoms with Crippen molar-refractivity contribution in [2.24, 2.45) is 0 Å². The first-order chi connectivity index (χ1) is 10.2. The summed E-state index contributed by atoms with van der Waals surface area (Å²) in [6.45, 7) is 3.24. The molecule has 0 aliphatic rings. The molecule has 1 heterocycles. The van der Waals surface area contributed by atoms with Crippen LogP contribution in [0, 0.1) is 11.6 Å². The average molecular weight is 287 g/mol. The summed E-state index contributed by atoms with van der Waals surface area (Å²) in [5.74, 6) is -0.355. The van der Waals surface area contributed by atoms with Crippen molar-refractivity contribution >= 4 is 16.7 Å². The van der Waals surface area contributed by atoms with Gasteiger partial charge in [-0.15, -0.1) is 0 Å². The zero-order valence-electron chi connectivity index (χ0n) is 11.6. The van der Waals surface area contributed by atoms with E-state index in [0.29, 0.717) is 12.2 Å². The van der Waals surface area contributed by atoms with Gasteiger partial charge >= 0.3 is 0 Å². The number of aromatic nitrogens is 2. The largest absolute Gasteiger partial charge is 0.378 e. The van der Waals surface area contributed by atoms with Crippen LogP contribution < -0.4 is 5.32 Å². The summed E-state index contributed by atoms with van der Waals surface area (Å²) in [4.78, 5) is 4.56. The van der Waals surface area contributed by atoms with Gasteiger partial charge in [-0.2, -0.15) is 0 Å². The predicted molar refractivity (Wildman–Crippen MR) is 79.1 cm³/mol. The molecule has 3 aromatic rings. The Bertz CT molecular complexity index is 760. The van der Waals surface area contributed by atoms with Crippen LogP contribution in [0.2, 0.25) is 0 Å². The first kappa shape index (κ1) is 13.5. The van der Waals surface area contributed by atoms with Gasteiger partial charge in [-0.05, 0) is 31.2 Å². The summed E-state index contributed by atoms with van der Waals surface area (Å²) in [7, 11) is 0. The van der Waals surface area contributed by atoms with E-state index < -0.39 is 11.6 Å². The van der Waals surface area contributed by atoms with Crippen LogP contribution in [0.3, 0.4) is 0 Å². The SMILES string of the molecule is CCn1c(CNc2cc(F)cc(F)c2)nc2ccccc21. The van der Waals surface area contributed by atoms with Crippen LogP contribution in [0.15, 0.2) is 42.5 Å². The number of hydrogen-bond acceptors (Lipinski definition) is 2. The molecule has 1 N–H and O–H groups in total. The number of benzene rings is 2. The van der Waals surface area contributed by atoms with Crippen molar-refractivity contribution < 1.29 is 8.78 Å². The second-order valence-corrected chi connectivity index (χ2v) is 4.77. The van der Waals surface area contributed by atoms with E-state index in [4.69, 9.17) is 0 Å². The molecule has 0 amide bonds. The van der Waals surface area contributed by atoms with Gasteiger partial charge in [0.1, 0.15) is 17.5 Å². The summed E-state index contributed by atoms with van der Waals surface area (Å²) in [5, 5.41) is 3.01. The first-order valence-corrected chi connectivity index (χ1v) is 6.81. The number of para-hydroxylation sites is 2. The standard InChI is InChI=1S/C16H15F2N3/c1-2-21-15-6-4-3-5-14(15)20-16(21)10-19-13-8-11(17)7-12(18)9-13/h3-9,19H,2,10H2,1H3. The molecule has 0 saturated heterocycles. The first-order valence-electron chi connectivity index (χ1n) is 6.81. The molecular weight excluding hydrogens is 272 g/mol. The third-order valence-corrected chi connectivity index (χ3v) is 3.36. The Morgan fingerprint density at radius 1 is 1.10 bits per heavy atom. The molecule has 0 bridgehead atoms. The average Bonchev–Trinajstić information content (AvgIpc) is 2.81. The molecular formula is C16H15F2N3. The highest BCUT2D eigenvalue weighted by atomic mass is 19.1. The van der Waals surface area contributed by atoms with Gasteiger partial charge in [0.05, 0.1) is 17.6 Å². The summed E-state index contributed by atoms with van der Waals surface area (Å²) < 4.78 is 28.4. The van der Waals surface area contributed by atoms with Crippen LogP contribution in [0.1, 0.15) is 12.7 Å². The smallest absolute Gasteiger partial charge is 0.129 e. The van der Waals surface area contributed by atoms with Crippen LogP contribution in [0.4, 0.5) is 14.5 Å². The number of nitrogens with zero attached hydrogens (tertiary/aromatic N) is 2. The number of fused-ring (bicyclic) bond motifs is 1. The van der Waals surface area contributed by atoms with E-state index in [0.717, 1.165) is 29.5 Å². The van der Waals surface area contributed by atoms with Crippen LogP contribution in [0.25, 0.3) is 11.0 Å². The zero-order chi connectivity index (χ0) is 14.8. The lowest BCUT2D eigenvalue weighted by Crippen LogP contribution is -2.08. The third kappa shape index (κ3) is 2.72. The highest BCUT2D eigenvalue weighted by molar-refractivity contribution is 5.75. The number of aryl methyl sites for hydroxylation is 1. The molecule has 0 spiro atoms. The van der Waals surface area contributed by atoms with E-state index in [2.05, 4.69) is 14.9 Å². The number of halogens is 2. The summed E-state index contributed by atoms with van der Waals surface area (Å²) in [6, 6.07) is 11.3. The van der Waals surface area contributed by atoms with Gasteiger partial charge in [0, 0.05) is 18.3 Å². The van der Waals surface area contributed by atoms with Gasteiger partial charge in [-0.3, -0.25) is 0 Å². The minimum Gasteiger partial charge on any atom is -0.378 e. The molecule has 0 aliphatic carbocycles. The Balaban J connectivity index is 1.88. The molecule has 3 nitrogen and oxygen atoms in total. The van der Waals surface area contributed by atoms with Gasteiger partial charge in [0.2, 0.25) is 0 Å². The minimum atomic E-state index is -0.596. The second-order valence-electron chi connectivity index (χ2n) is 4.77. The van der Waals surface area contributed by atoms with Crippen LogP contribution >= 0.6 is 0 Å². The van der Waals surface area contributed by atoms with E-state index in [1.165, 1.54) is 12.1 Å². The lowest BCUT2D eigenvalue weighted by Gasteiger charge is -2.09. The quantitative estimate of drug-likeness (QED) is 0.787. The molecule has 0 saturated carbocycles. The summed E-state index contributed by atoms with van der Waals surface area (Å²) in [6.07, 6.45) is 0. The van der Waals surface area contributed by atoms with E-state index in [1.54, 1.807) is 0 Å². The zero-order valence-corrected chi connectivity index (χ0v) is 11.6. The van der Waals surface area contributed by atoms with Crippen molar-refractivity contribution in [2.75, 3.05) is 5.32 Å². The lowest BCUT2D eigenvalue weighted by atomic mass is 10.3. The number of rotatable bonds is 4. The fourth-order valence-electron chi connectivity index (χ4n) is 2.45.